The van der Waals surface area contributed by atoms with Gasteiger partial charge in [0.15, 0.2) is 11.6 Å². The summed E-state index contributed by atoms with van der Waals surface area (Å²) < 4.78 is 0. The number of aromatic nitrogens is 3. The number of fused-ring (bicyclic) bond motifs is 1. The van der Waals surface area contributed by atoms with Crippen molar-refractivity contribution in [3.8, 4) is 11.4 Å². The van der Waals surface area contributed by atoms with Gasteiger partial charge in [-0.3, -0.25) is 9.78 Å². The number of para-hydroxylation sites is 1. The third kappa shape index (κ3) is 3.84. The molecule has 0 atom stereocenters. The molecule has 0 amide bonds. The highest BCUT2D eigenvalue weighted by Crippen LogP contribution is 2.29. The van der Waals surface area contributed by atoms with Crippen LogP contribution in [0.25, 0.3) is 22.3 Å². The first-order chi connectivity index (χ1) is 15.2. The predicted molar refractivity (Wildman–Crippen MR) is 124 cm³/mol. The molecule has 6 nitrogen and oxygen atoms in total. The van der Waals surface area contributed by atoms with E-state index >= 15 is 0 Å². The lowest BCUT2D eigenvalue weighted by molar-refractivity contribution is 0.101. The van der Waals surface area contributed by atoms with Gasteiger partial charge in [0.25, 0.3) is 0 Å². The third-order valence-corrected chi connectivity index (χ3v) is 5.72. The Labute approximate surface area is 181 Å². The maximum Gasteiger partial charge on any atom is 0.163 e. The van der Waals surface area contributed by atoms with Gasteiger partial charge in [0, 0.05) is 60.8 Å². The highest BCUT2D eigenvalue weighted by Gasteiger charge is 2.21. The van der Waals surface area contributed by atoms with E-state index in [2.05, 4.69) is 20.9 Å². The summed E-state index contributed by atoms with van der Waals surface area (Å²) in [4.78, 5) is 30.2. The zero-order valence-corrected chi connectivity index (χ0v) is 17.4. The maximum atomic E-state index is 11.5. The molecule has 4 aromatic rings. The van der Waals surface area contributed by atoms with Gasteiger partial charge >= 0.3 is 0 Å². The van der Waals surface area contributed by atoms with Crippen LogP contribution in [0.3, 0.4) is 0 Å². The Balaban J connectivity index is 1.42. The highest BCUT2D eigenvalue weighted by atomic mass is 16.1. The van der Waals surface area contributed by atoms with E-state index in [-0.39, 0.29) is 5.78 Å². The molecule has 31 heavy (non-hydrogen) atoms. The first-order valence-electron chi connectivity index (χ1n) is 10.5. The molecule has 1 saturated heterocycles. The van der Waals surface area contributed by atoms with Gasteiger partial charge in [0.05, 0.1) is 5.52 Å². The molecule has 6 heteroatoms. The largest absolute Gasteiger partial charge is 0.368 e. The second-order valence-electron chi connectivity index (χ2n) is 7.71. The van der Waals surface area contributed by atoms with Crippen LogP contribution in [0, 0.1) is 0 Å². The van der Waals surface area contributed by atoms with E-state index in [1.54, 1.807) is 19.3 Å². The number of ketones is 1. The van der Waals surface area contributed by atoms with Gasteiger partial charge in [-0.05, 0) is 55.5 Å². The molecule has 0 bridgehead atoms. The molecule has 1 aliphatic rings. The Morgan fingerprint density at radius 3 is 2.29 bits per heavy atom. The van der Waals surface area contributed by atoms with E-state index in [4.69, 9.17) is 9.97 Å². The summed E-state index contributed by atoms with van der Waals surface area (Å²) in [6.45, 7) is 5.10. The number of anilines is 2. The Kier molecular flexibility index (Phi) is 5.04. The van der Waals surface area contributed by atoms with Crippen molar-refractivity contribution in [3.63, 3.8) is 0 Å². The Morgan fingerprint density at radius 1 is 0.839 bits per heavy atom. The Bertz CT molecular complexity index is 1220. The number of pyridine rings is 1. The van der Waals surface area contributed by atoms with Gasteiger partial charge in [0.2, 0.25) is 0 Å². The Hall–Kier alpha value is -3.80. The summed E-state index contributed by atoms with van der Waals surface area (Å²) in [6.07, 6.45) is 3.56. The van der Waals surface area contributed by atoms with E-state index in [0.29, 0.717) is 5.82 Å². The number of carbonyl (C=O) groups excluding carboxylic acids is 1. The molecule has 3 heterocycles. The van der Waals surface area contributed by atoms with Crippen molar-refractivity contribution in [1.82, 2.24) is 15.0 Å². The number of carbonyl (C=O) groups is 1. The van der Waals surface area contributed by atoms with Crippen molar-refractivity contribution < 1.29 is 4.79 Å². The van der Waals surface area contributed by atoms with Crippen LogP contribution in [0.4, 0.5) is 11.5 Å². The number of rotatable bonds is 4. The normalized spacial score (nSPS) is 14.1. The molecule has 0 N–H and O–H groups in total. The second kappa shape index (κ2) is 8.14. The fraction of sp³-hybridized carbons (Fsp3) is 0.200. The lowest BCUT2D eigenvalue weighted by Crippen LogP contribution is -2.47. The molecular formula is C25H23N5O. The molecule has 0 unspecified atom stereocenters. The van der Waals surface area contributed by atoms with Crippen molar-refractivity contribution in [2.24, 2.45) is 0 Å². The van der Waals surface area contributed by atoms with Crippen molar-refractivity contribution >= 4 is 28.2 Å². The van der Waals surface area contributed by atoms with Crippen molar-refractivity contribution in [3.05, 3.63) is 78.6 Å². The van der Waals surface area contributed by atoms with Crippen molar-refractivity contribution in [2.75, 3.05) is 36.0 Å². The second-order valence-corrected chi connectivity index (χ2v) is 7.71. The molecule has 0 saturated carbocycles. The van der Waals surface area contributed by atoms with E-state index in [9.17, 15) is 4.79 Å². The van der Waals surface area contributed by atoms with Crippen LogP contribution in [0.1, 0.15) is 17.3 Å². The first kappa shape index (κ1) is 19.2. The Morgan fingerprint density at radius 2 is 1.58 bits per heavy atom. The molecule has 1 aliphatic heterocycles. The van der Waals surface area contributed by atoms with E-state index in [1.807, 2.05) is 54.6 Å². The number of nitrogens with zero attached hydrogens (tertiary/aromatic N) is 5. The minimum atomic E-state index is 0.0939. The van der Waals surface area contributed by atoms with Crippen molar-refractivity contribution in [2.45, 2.75) is 6.92 Å². The van der Waals surface area contributed by atoms with Crippen LogP contribution in [0.5, 0.6) is 0 Å². The molecule has 5 rings (SSSR count). The van der Waals surface area contributed by atoms with Gasteiger partial charge in [-0.15, -0.1) is 0 Å². The van der Waals surface area contributed by atoms with Gasteiger partial charge in [-0.2, -0.15) is 0 Å². The minimum Gasteiger partial charge on any atom is -0.368 e. The number of Topliss-reactive ketones (excluding diaryl/α,β-unsaturated/α-hetero) is 1. The lowest BCUT2D eigenvalue weighted by atomic mass is 10.1. The molecule has 0 aliphatic carbocycles. The predicted octanol–water partition coefficient (Wildman–Crippen LogP) is 4.22. The standard InChI is InChI=1S/C25H23N5O/c1-18(31)19-8-10-21(11-9-19)29-13-15-30(16-14-29)25-22-6-2-3-7-23(22)27-24(28-25)20-5-4-12-26-17-20/h2-12,17H,13-16H2,1H3. The van der Waals surface area contributed by atoms with Crippen LogP contribution in [0.2, 0.25) is 0 Å². The summed E-state index contributed by atoms with van der Waals surface area (Å²) in [7, 11) is 0. The molecule has 0 spiro atoms. The summed E-state index contributed by atoms with van der Waals surface area (Å²) in [6, 6.07) is 19.9. The molecule has 2 aromatic heterocycles. The maximum absolute atomic E-state index is 11.5. The van der Waals surface area contributed by atoms with Gasteiger partial charge < -0.3 is 9.80 Å². The summed E-state index contributed by atoms with van der Waals surface area (Å²) >= 11 is 0. The summed E-state index contributed by atoms with van der Waals surface area (Å²) in [5.74, 6) is 1.76. The quantitative estimate of drug-likeness (QED) is 0.470. The summed E-state index contributed by atoms with van der Waals surface area (Å²) in [5.41, 5.74) is 3.75. The zero-order chi connectivity index (χ0) is 21.2. The highest BCUT2D eigenvalue weighted by molar-refractivity contribution is 5.94. The number of hydrogen-bond donors (Lipinski definition) is 0. The minimum absolute atomic E-state index is 0.0939. The van der Waals surface area contributed by atoms with Crippen LogP contribution in [-0.2, 0) is 0 Å². The van der Waals surface area contributed by atoms with Crippen LogP contribution < -0.4 is 9.80 Å². The molecule has 2 aromatic carbocycles. The SMILES string of the molecule is CC(=O)c1ccc(N2CCN(c3nc(-c4cccnc4)nc4ccccc34)CC2)cc1. The number of benzene rings is 2. The van der Waals surface area contributed by atoms with E-state index in [0.717, 1.165) is 59.7 Å². The average molecular weight is 409 g/mol. The lowest BCUT2D eigenvalue weighted by Gasteiger charge is -2.37. The zero-order valence-electron chi connectivity index (χ0n) is 17.4. The van der Waals surface area contributed by atoms with Gasteiger partial charge in [-0.1, -0.05) is 12.1 Å². The molecular weight excluding hydrogens is 386 g/mol. The number of hydrogen-bond acceptors (Lipinski definition) is 6. The summed E-state index contributed by atoms with van der Waals surface area (Å²) in [5, 5.41) is 1.06. The van der Waals surface area contributed by atoms with Gasteiger partial charge in [-0.25, -0.2) is 9.97 Å². The van der Waals surface area contributed by atoms with Gasteiger partial charge in [0.1, 0.15) is 5.82 Å². The number of piperazine rings is 1. The average Bonchev–Trinajstić information content (AvgIpc) is 2.84. The van der Waals surface area contributed by atoms with E-state index in [1.165, 1.54) is 0 Å². The smallest absolute Gasteiger partial charge is 0.163 e. The monoisotopic (exact) mass is 409 g/mol. The van der Waals surface area contributed by atoms with Crippen molar-refractivity contribution in [1.29, 1.82) is 0 Å². The first-order valence-corrected chi connectivity index (χ1v) is 10.5. The topological polar surface area (TPSA) is 62.2 Å². The van der Waals surface area contributed by atoms with E-state index < -0.39 is 0 Å². The van der Waals surface area contributed by atoms with Crippen LogP contribution >= 0.6 is 0 Å². The fourth-order valence-corrected chi connectivity index (χ4v) is 4.01. The molecule has 0 radical (unpaired) electrons. The fourth-order valence-electron chi connectivity index (χ4n) is 4.01. The molecule has 154 valence electrons. The van der Waals surface area contributed by atoms with Crippen LogP contribution in [-0.4, -0.2) is 46.9 Å². The molecule has 1 fully saturated rings. The van der Waals surface area contributed by atoms with Crippen LogP contribution in [0.15, 0.2) is 73.1 Å². The third-order valence-electron chi connectivity index (χ3n) is 5.72.